The largest absolute Gasteiger partial charge is 0.433 e. The van der Waals surface area contributed by atoms with Crippen LogP contribution in [0.3, 0.4) is 0 Å². The minimum absolute atomic E-state index is 0.0259. The van der Waals surface area contributed by atoms with Crippen molar-refractivity contribution in [2.45, 2.75) is 70.0 Å². The second-order valence-electron chi connectivity index (χ2n) is 9.64. The van der Waals surface area contributed by atoms with E-state index in [0.717, 1.165) is 12.5 Å². The van der Waals surface area contributed by atoms with Crippen LogP contribution in [0.5, 0.6) is 0 Å². The molecule has 1 aromatic carbocycles. The smallest absolute Gasteiger partial charge is 0.382 e. The number of fused-ring (bicyclic) bond motifs is 1. The summed E-state index contributed by atoms with van der Waals surface area (Å²) in [6.07, 6.45) is -0.550. The summed E-state index contributed by atoms with van der Waals surface area (Å²) in [5, 5.41) is 11.0. The van der Waals surface area contributed by atoms with Crippen molar-refractivity contribution in [1.29, 1.82) is 0 Å². The minimum Gasteiger partial charge on any atom is -0.382 e. The average Bonchev–Trinajstić information content (AvgIpc) is 3.12. The van der Waals surface area contributed by atoms with Crippen LogP contribution in [0.4, 0.5) is 23.2 Å². The van der Waals surface area contributed by atoms with E-state index in [1.54, 1.807) is 6.07 Å². The van der Waals surface area contributed by atoms with Crippen molar-refractivity contribution >= 4 is 45.7 Å². The van der Waals surface area contributed by atoms with Crippen LogP contribution in [-0.4, -0.2) is 38.4 Å². The molecule has 0 radical (unpaired) electrons. The van der Waals surface area contributed by atoms with E-state index in [1.807, 2.05) is 0 Å². The minimum atomic E-state index is -4.60. The Hall–Kier alpha value is -2.59. The summed E-state index contributed by atoms with van der Waals surface area (Å²) in [4.78, 5) is 16.6. The molecule has 0 unspecified atom stereocenters. The molecule has 194 valence electrons. The normalized spacial score (nSPS) is 18.9. The van der Waals surface area contributed by atoms with Gasteiger partial charge in [0.15, 0.2) is 5.15 Å². The molecular weight excluding hydrogens is 521 g/mol. The summed E-state index contributed by atoms with van der Waals surface area (Å²) in [6.45, 7) is 2.74. The molecule has 0 spiro atoms. The monoisotopic (exact) mass is 545 g/mol. The molecule has 0 bridgehead atoms. The van der Waals surface area contributed by atoms with Gasteiger partial charge in [0.2, 0.25) is 0 Å². The zero-order chi connectivity index (χ0) is 26.3. The lowest BCUT2D eigenvalue weighted by atomic mass is 9.90. The molecule has 1 aliphatic rings. The number of nitrogens with one attached hydrogen (secondary N) is 2. The van der Waals surface area contributed by atoms with Crippen LogP contribution in [-0.2, 0) is 12.7 Å². The highest BCUT2D eigenvalue weighted by Crippen LogP contribution is 2.35. The molecule has 0 saturated heterocycles. The van der Waals surface area contributed by atoms with Crippen molar-refractivity contribution in [3.05, 3.63) is 51.9 Å². The first-order valence-electron chi connectivity index (χ1n) is 11.5. The van der Waals surface area contributed by atoms with Crippen LogP contribution in [0.25, 0.3) is 10.9 Å². The van der Waals surface area contributed by atoms with Gasteiger partial charge in [-0.2, -0.15) is 18.3 Å². The van der Waals surface area contributed by atoms with Crippen molar-refractivity contribution in [2.75, 3.05) is 5.32 Å². The lowest BCUT2D eigenvalue weighted by Gasteiger charge is -2.31. The van der Waals surface area contributed by atoms with Crippen LogP contribution < -0.4 is 10.6 Å². The number of benzene rings is 1. The van der Waals surface area contributed by atoms with E-state index in [-0.39, 0.29) is 40.5 Å². The third-order valence-corrected chi connectivity index (χ3v) is 6.44. The highest BCUT2D eigenvalue weighted by atomic mass is 35.5. The number of anilines is 1. The van der Waals surface area contributed by atoms with Crippen LogP contribution in [0, 0.1) is 0 Å². The molecule has 2 aromatic heterocycles. The van der Waals surface area contributed by atoms with Gasteiger partial charge in [-0.1, -0.05) is 23.2 Å². The zero-order valence-electron chi connectivity index (χ0n) is 19.6. The van der Waals surface area contributed by atoms with Crippen molar-refractivity contribution in [3.8, 4) is 0 Å². The standard InChI is InChI=1S/C24H25Cl2F4N5O/c1-23(2,27)12-35-11-17(21(26)34-35)22(36)32-15-5-3-4-14(9-15)31-19-10-20(24(28,29)30)33-18-7-6-13(25)8-16(18)19/h6-8,10-11,14-15H,3-5,9,12H2,1-2H3,(H,31,33)(H,32,36)/t14-,15+/m0/s1. The van der Waals surface area contributed by atoms with Crippen molar-refractivity contribution in [3.63, 3.8) is 0 Å². The van der Waals surface area contributed by atoms with Crippen molar-refractivity contribution in [1.82, 2.24) is 20.1 Å². The summed E-state index contributed by atoms with van der Waals surface area (Å²) in [7, 11) is 0. The van der Waals surface area contributed by atoms with Crippen LogP contribution in [0.2, 0.25) is 10.2 Å². The maximum atomic E-state index is 13.9. The summed E-state index contributed by atoms with van der Waals surface area (Å²) >= 11 is 12.2. The predicted molar refractivity (Wildman–Crippen MR) is 131 cm³/mol. The van der Waals surface area contributed by atoms with E-state index >= 15 is 0 Å². The summed E-state index contributed by atoms with van der Waals surface area (Å²) in [6, 6.07) is 5.08. The molecule has 2 N–H and O–H groups in total. The number of amides is 1. The number of hydrogen-bond donors (Lipinski definition) is 2. The molecule has 4 rings (SSSR count). The third-order valence-electron chi connectivity index (χ3n) is 5.93. The van der Waals surface area contributed by atoms with Gasteiger partial charge >= 0.3 is 6.18 Å². The Morgan fingerprint density at radius 2 is 1.86 bits per heavy atom. The van der Waals surface area contributed by atoms with E-state index in [2.05, 4.69) is 20.7 Å². The van der Waals surface area contributed by atoms with Gasteiger partial charge in [0, 0.05) is 34.4 Å². The number of aromatic nitrogens is 3. The number of rotatable bonds is 6. The van der Waals surface area contributed by atoms with E-state index in [9.17, 15) is 22.4 Å². The first-order chi connectivity index (χ1) is 16.8. The Labute approximate surface area is 215 Å². The first kappa shape index (κ1) is 26.5. The summed E-state index contributed by atoms with van der Waals surface area (Å²) < 4.78 is 55.6. The predicted octanol–water partition coefficient (Wildman–Crippen LogP) is 6.66. The van der Waals surface area contributed by atoms with E-state index in [1.165, 1.54) is 36.9 Å². The van der Waals surface area contributed by atoms with Gasteiger partial charge in [-0.15, -0.1) is 0 Å². The SMILES string of the molecule is CC(C)(F)Cn1cc(C(=O)N[C@@H]2CCC[C@H](Nc3cc(C(F)(F)F)nc4ccc(Cl)cc34)C2)c(Cl)n1. The fourth-order valence-corrected chi connectivity index (χ4v) is 4.82. The lowest BCUT2D eigenvalue weighted by Crippen LogP contribution is -2.41. The van der Waals surface area contributed by atoms with Crippen LogP contribution in [0.1, 0.15) is 55.6 Å². The maximum absolute atomic E-state index is 13.9. The highest BCUT2D eigenvalue weighted by Gasteiger charge is 2.34. The summed E-state index contributed by atoms with van der Waals surface area (Å²) in [5.74, 6) is -0.436. The Kier molecular flexibility index (Phi) is 7.39. The van der Waals surface area contributed by atoms with Gasteiger partial charge in [-0.05, 0) is 63.8 Å². The van der Waals surface area contributed by atoms with Gasteiger partial charge < -0.3 is 10.6 Å². The van der Waals surface area contributed by atoms with Crippen molar-refractivity contribution in [2.24, 2.45) is 0 Å². The molecule has 0 aliphatic heterocycles. The molecule has 1 saturated carbocycles. The number of carbonyl (C=O) groups is 1. The van der Waals surface area contributed by atoms with Gasteiger partial charge in [-0.3, -0.25) is 9.48 Å². The Morgan fingerprint density at radius 1 is 1.14 bits per heavy atom. The third kappa shape index (κ3) is 6.39. The number of alkyl halides is 4. The van der Waals surface area contributed by atoms with Crippen molar-refractivity contribution < 1.29 is 22.4 Å². The van der Waals surface area contributed by atoms with Crippen LogP contribution in [0.15, 0.2) is 30.5 Å². The summed E-state index contributed by atoms with van der Waals surface area (Å²) in [5.41, 5.74) is -1.92. The number of nitrogens with zero attached hydrogens (tertiary/aromatic N) is 3. The first-order valence-corrected chi connectivity index (χ1v) is 12.2. The quantitative estimate of drug-likeness (QED) is 0.340. The molecule has 2 heterocycles. The Bertz CT molecular complexity index is 1270. The molecule has 36 heavy (non-hydrogen) atoms. The molecule has 3 aromatic rings. The van der Waals surface area contributed by atoms with Gasteiger partial charge in [0.25, 0.3) is 5.91 Å². The Morgan fingerprint density at radius 3 is 2.56 bits per heavy atom. The van der Waals surface area contributed by atoms with Gasteiger partial charge in [0.05, 0.1) is 17.6 Å². The lowest BCUT2D eigenvalue weighted by molar-refractivity contribution is -0.140. The van der Waals surface area contributed by atoms with E-state index < -0.39 is 23.4 Å². The number of hydrogen-bond acceptors (Lipinski definition) is 4. The molecule has 1 amide bonds. The topological polar surface area (TPSA) is 71.8 Å². The maximum Gasteiger partial charge on any atom is 0.433 e. The molecule has 2 atom stereocenters. The molecular formula is C24H25Cl2F4N5O. The van der Waals surface area contributed by atoms with Gasteiger partial charge in [-0.25, -0.2) is 9.37 Å². The molecule has 1 fully saturated rings. The van der Waals surface area contributed by atoms with Crippen LogP contribution >= 0.6 is 23.2 Å². The van der Waals surface area contributed by atoms with E-state index in [0.29, 0.717) is 29.7 Å². The fraction of sp³-hybridized carbons (Fsp3) is 0.458. The number of carbonyl (C=O) groups excluding carboxylic acids is 1. The number of pyridine rings is 1. The van der Waals surface area contributed by atoms with Gasteiger partial charge in [0.1, 0.15) is 11.4 Å². The average molecular weight is 546 g/mol. The Balaban J connectivity index is 1.49. The molecule has 1 aliphatic carbocycles. The highest BCUT2D eigenvalue weighted by molar-refractivity contribution is 6.32. The fourth-order valence-electron chi connectivity index (χ4n) is 4.41. The molecule has 12 heteroatoms. The zero-order valence-corrected chi connectivity index (χ0v) is 21.1. The second-order valence-corrected chi connectivity index (χ2v) is 10.4. The van der Waals surface area contributed by atoms with E-state index in [4.69, 9.17) is 23.2 Å². The molecule has 6 nitrogen and oxygen atoms in total. The second kappa shape index (κ2) is 10.0. The number of halogens is 6.